The Bertz CT molecular complexity index is 116. The summed E-state index contributed by atoms with van der Waals surface area (Å²) in [5.74, 6) is 0.448. The van der Waals surface area contributed by atoms with Crippen molar-refractivity contribution in [3.63, 3.8) is 0 Å². The predicted octanol–water partition coefficient (Wildman–Crippen LogP) is 1.83. The Morgan fingerprint density at radius 2 is 2.22 bits per heavy atom. The highest BCUT2D eigenvalue weighted by Crippen LogP contribution is 2.02. The van der Waals surface area contributed by atoms with Crippen molar-refractivity contribution in [2.45, 2.75) is 13.8 Å². The molecule has 0 heterocycles. The topological polar surface area (TPSA) is 21.6 Å². The van der Waals surface area contributed by atoms with Crippen molar-refractivity contribution >= 4 is 6.21 Å². The normalized spacial score (nSPS) is 10.7. The van der Waals surface area contributed by atoms with Crippen LogP contribution in [0.5, 0.6) is 0 Å². The Morgan fingerprint density at radius 1 is 1.67 bits per heavy atom. The Morgan fingerprint density at radius 3 is 2.56 bits per heavy atom. The molecule has 0 saturated heterocycles. The molecule has 0 amide bonds. The van der Waals surface area contributed by atoms with Gasteiger partial charge in [0.25, 0.3) is 0 Å². The molecule has 0 atom stereocenters. The third kappa shape index (κ3) is 3.76. The first kappa shape index (κ1) is 8.21. The van der Waals surface area contributed by atoms with Gasteiger partial charge in [0.2, 0.25) is 0 Å². The third-order valence-corrected chi connectivity index (χ3v) is 1.07. The molecule has 0 radical (unpaired) electrons. The molecule has 0 saturated carbocycles. The van der Waals surface area contributed by atoms with Crippen LogP contribution in [-0.4, -0.2) is 13.3 Å². The first-order valence-electron chi connectivity index (χ1n) is 2.93. The van der Waals surface area contributed by atoms with Crippen molar-refractivity contribution in [2.75, 3.05) is 7.11 Å². The van der Waals surface area contributed by atoms with Crippen LogP contribution in [0, 0.1) is 5.92 Å². The molecule has 0 aromatic carbocycles. The lowest BCUT2D eigenvalue weighted by molar-refractivity contribution is 0.215. The standard InChI is InChI=1S/C7H13NO/c1-6(2)7(3)5-8-9-4/h5-6H,3H2,1-2,4H3/b8-5-. The average molecular weight is 127 g/mol. The number of oxime groups is 1. The second-order valence-electron chi connectivity index (χ2n) is 2.15. The molecule has 0 aromatic heterocycles. The molecule has 0 aromatic rings. The lowest BCUT2D eigenvalue weighted by atomic mass is 10.1. The van der Waals surface area contributed by atoms with Gasteiger partial charge in [0.1, 0.15) is 7.11 Å². The van der Waals surface area contributed by atoms with Crippen LogP contribution in [0.2, 0.25) is 0 Å². The van der Waals surface area contributed by atoms with E-state index in [4.69, 9.17) is 0 Å². The van der Waals surface area contributed by atoms with Gasteiger partial charge in [-0.25, -0.2) is 0 Å². The SMILES string of the molecule is C=C(/C=N\OC)C(C)C. The fourth-order valence-electron chi connectivity index (χ4n) is 0.269. The van der Waals surface area contributed by atoms with E-state index in [1.807, 2.05) is 0 Å². The Hall–Kier alpha value is -0.790. The van der Waals surface area contributed by atoms with Crippen molar-refractivity contribution < 1.29 is 4.84 Å². The van der Waals surface area contributed by atoms with Gasteiger partial charge < -0.3 is 4.84 Å². The molecule has 9 heavy (non-hydrogen) atoms. The van der Waals surface area contributed by atoms with Crippen LogP contribution in [-0.2, 0) is 4.84 Å². The maximum absolute atomic E-state index is 4.47. The van der Waals surface area contributed by atoms with E-state index in [9.17, 15) is 0 Å². The monoisotopic (exact) mass is 127 g/mol. The van der Waals surface area contributed by atoms with E-state index in [-0.39, 0.29) is 0 Å². The first-order valence-corrected chi connectivity index (χ1v) is 2.93. The molecule has 0 spiro atoms. The molecule has 0 N–H and O–H groups in total. The van der Waals surface area contributed by atoms with Crippen LogP contribution in [0.15, 0.2) is 17.3 Å². The fourth-order valence-corrected chi connectivity index (χ4v) is 0.269. The van der Waals surface area contributed by atoms with E-state index < -0.39 is 0 Å². The lowest BCUT2D eigenvalue weighted by Gasteiger charge is -1.99. The molecule has 0 aliphatic rings. The molecular weight excluding hydrogens is 114 g/mol. The van der Waals surface area contributed by atoms with Crippen molar-refractivity contribution in [1.29, 1.82) is 0 Å². The number of hydrogen-bond donors (Lipinski definition) is 0. The van der Waals surface area contributed by atoms with Crippen LogP contribution in [0.3, 0.4) is 0 Å². The van der Waals surface area contributed by atoms with Crippen molar-refractivity contribution in [2.24, 2.45) is 11.1 Å². The molecule has 0 rings (SSSR count). The van der Waals surface area contributed by atoms with Crippen LogP contribution in [0.1, 0.15) is 13.8 Å². The quantitative estimate of drug-likeness (QED) is 0.418. The number of allylic oxidation sites excluding steroid dienone is 1. The van der Waals surface area contributed by atoms with Crippen molar-refractivity contribution in [3.05, 3.63) is 12.2 Å². The highest BCUT2D eigenvalue weighted by atomic mass is 16.6. The zero-order valence-electron chi connectivity index (χ0n) is 6.22. The Kier molecular flexibility index (Phi) is 3.76. The van der Waals surface area contributed by atoms with Gasteiger partial charge in [-0.1, -0.05) is 25.6 Å². The molecule has 2 nitrogen and oxygen atoms in total. The predicted molar refractivity (Wildman–Crippen MR) is 39.5 cm³/mol. The van der Waals surface area contributed by atoms with E-state index >= 15 is 0 Å². The second-order valence-corrected chi connectivity index (χ2v) is 2.15. The number of hydrogen-bond acceptors (Lipinski definition) is 2. The summed E-state index contributed by atoms with van der Waals surface area (Å²) in [6.45, 7) is 7.88. The Balaban J connectivity index is 3.63. The van der Waals surface area contributed by atoms with Crippen LogP contribution in [0.4, 0.5) is 0 Å². The fraction of sp³-hybridized carbons (Fsp3) is 0.571. The largest absolute Gasteiger partial charge is 0.399 e. The molecular formula is C7H13NO. The zero-order valence-corrected chi connectivity index (χ0v) is 6.22. The summed E-state index contributed by atoms with van der Waals surface area (Å²) in [6, 6.07) is 0. The molecule has 0 aliphatic carbocycles. The van der Waals surface area contributed by atoms with Crippen LogP contribution < -0.4 is 0 Å². The van der Waals surface area contributed by atoms with Crippen LogP contribution >= 0.6 is 0 Å². The number of nitrogens with zero attached hydrogens (tertiary/aromatic N) is 1. The third-order valence-electron chi connectivity index (χ3n) is 1.07. The number of rotatable bonds is 3. The summed E-state index contributed by atoms with van der Waals surface area (Å²) < 4.78 is 0. The minimum absolute atomic E-state index is 0.448. The Labute approximate surface area is 56.2 Å². The van der Waals surface area contributed by atoms with Gasteiger partial charge in [0.05, 0.1) is 6.21 Å². The van der Waals surface area contributed by atoms with Gasteiger partial charge >= 0.3 is 0 Å². The first-order chi connectivity index (χ1) is 4.18. The van der Waals surface area contributed by atoms with Crippen LogP contribution in [0.25, 0.3) is 0 Å². The average Bonchev–Trinajstić information content (AvgIpc) is 1.82. The van der Waals surface area contributed by atoms with Gasteiger partial charge in [-0.15, -0.1) is 0 Å². The summed E-state index contributed by atoms with van der Waals surface area (Å²) >= 11 is 0. The molecule has 0 aliphatic heterocycles. The highest BCUT2D eigenvalue weighted by Gasteiger charge is 1.93. The maximum atomic E-state index is 4.47. The summed E-state index contributed by atoms with van der Waals surface area (Å²) in [6.07, 6.45) is 1.63. The molecule has 52 valence electrons. The highest BCUT2D eigenvalue weighted by molar-refractivity contribution is 5.77. The second kappa shape index (κ2) is 4.13. The zero-order chi connectivity index (χ0) is 7.28. The smallest absolute Gasteiger partial charge is 0.106 e. The lowest BCUT2D eigenvalue weighted by Crippen LogP contribution is -1.92. The summed E-state index contributed by atoms with van der Waals surface area (Å²) in [5.41, 5.74) is 0.983. The minimum Gasteiger partial charge on any atom is -0.399 e. The van der Waals surface area contributed by atoms with E-state index in [2.05, 4.69) is 30.4 Å². The van der Waals surface area contributed by atoms with Gasteiger partial charge in [-0.2, -0.15) is 0 Å². The van der Waals surface area contributed by atoms with E-state index in [0.29, 0.717) is 5.92 Å². The van der Waals surface area contributed by atoms with Gasteiger partial charge in [-0.05, 0) is 11.5 Å². The van der Waals surface area contributed by atoms with E-state index in [1.54, 1.807) is 6.21 Å². The van der Waals surface area contributed by atoms with Crippen molar-refractivity contribution in [1.82, 2.24) is 0 Å². The van der Waals surface area contributed by atoms with Gasteiger partial charge in [0, 0.05) is 0 Å². The summed E-state index contributed by atoms with van der Waals surface area (Å²) in [4.78, 5) is 4.47. The molecule has 2 heteroatoms. The molecule has 0 fully saturated rings. The van der Waals surface area contributed by atoms with Gasteiger partial charge in [0.15, 0.2) is 0 Å². The summed E-state index contributed by atoms with van der Waals surface area (Å²) in [5, 5.41) is 3.57. The summed E-state index contributed by atoms with van der Waals surface area (Å²) in [7, 11) is 1.52. The molecule has 0 bridgehead atoms. The molecule has 0 unspecified atom stereocenters. The minimum atomic E-state index is 0.448. The maximum Gasteiger partial charge on any atom is 0.106 e. The van der Waals surface area contributed by atoms with Gasteiger partial charge in [-0.3, -0.25) is 0 Å². The van der Waals surface area contributed by atoms with Crippen molar-refractivity contribution in [3.8, 4) is 0 Å². The van der Waals surface area contributed by atoms with E-state index in [0.717, 1.165) is 5.57 Å². The van der Waals surface area contributed by atoms with E-state index in [1.165, 1.54) is 7.11 Å².